The molecule has 1 heterocycles. The molecule has 3 rings (SSSR count). The Morgan fingerprint density at radius 3 is 2.52 bits per heavy atom. The van der Waals surface area contributed by atoms with E-state index in [0.29, 0.717) is 5.02 Å². The number of amides is 1. The SMILES string of the molecule is Cc1cc(/C=N\NC(=O)CNc2cccc(C(F)(F)F)c2)c(C)n1-c1ccc(Cl)cc1. The van der Waals surface area contributed by atoms with Gasteiger partial charge in [-0.2, -0.15) is 18.3 Å². The molecule has 9 heteroatoms. The molecule has 0 fully saturated rings. The summed E-state index contributed by atoms with van der Waals surface area (Å²) in [6.07, 6.45) is -2.92. The Hall–Kier alpha value is -3.26. The third-order valence-electron chi connectivity index (χ3n) is 4.59. The van der Waals surface area contributed by atoms with E-state index in [-0.39, 0.29) is 12.2 Å². The first-order chi connectivity index (χ1) is 14.6. The third-order valence-corrected chi connectivity index (χ3v) is 4.84. The van der Waals surface area contributed by atoms with Crippen molar-refractivity contribution in [2.45, 2.75) is 20.0 Å². The number of carbonyl (C=O) groups excluding carboxylic acids is 1. The quantitative estimate of drug-likeness (QED) is 0.395. The summed E-state index contributed by atoms with van der Waals surface area (Å²) < 4.78 is 40.3. The maximum atomic E-state index is 12.7. The maximum Gasteiger partial charge on any atom is 0.416 e. The van der Waals surface area contributed by atoms with Gasteiger partial charge in [0.05, 0.1) is 18.3 Å². The lowest BCUT2D eigenvalue weighted by Crippen LogP contribution is -2.26. The number of aromatic nitrogens is 1. The smallest absolute Gasteiger partial charge is 0.376 e. The predicted molar refractivity (Wildman–Crippen MR) is 116 cm³/mol. The van der Waals surface area contributed by atoms with E-state index in [0.717, 1.165) is 34.8 Å². The van der Waals surface area contributed by atoms with E-state index in [1.54, 1.807) is 12.1 Å². The van der Waals surface area contributed by atoms with Crippen LogP contribution in [-0.2, 0) is 11.0 Å². The highest BCUT2D eigenvalue weighted by Gasteiger charge is 2.30. The van der Waals surface area contributed by atoms with Crippen LogP contribution in [0.15, 0.2) is 59.7 Å². The number of aryl methyl sites for hydroxylation is 1. The van der Waals surface area contributed by atoms with Crippen LogP contribution >= 0.6 is 11.6 Å². The Labute approximate surface area is 182 Å². The van der Waals surface area contributed by atoms with Crippen LogP contribution in [0.25, 0.3) is 5.69 Å². The van der Waals surface area contributed by atoms with Crippen LogP contribution in [0.3, 0.4) is 0 Å². The number of halogens is 4. The second-order valence-electron chi connectivity index (χ2n) is 6.86. The molecule has 0 spiro atoms. The molecule has 0 unspecified atom stereocenters. The normalized spacial score (nSPS) is 11.7. The number of hydrogen-bond donors (Lipinski definition) is 2. The second-order valence-corrected chi connectivity index (χ2v) is 7.30. The number of alkyl halides is 3. The molecule has 0 bridgehead atoms. The van der Waals surface area contributed by atoms with Crippen molar-refractivity contribution >= 4 is 29.4 Å². The standard InChI is InChI=1S/C22H20ClF3N4O/c1-14-10-16(15(2)30(14)20-8-6-18(23)7-9-20)12-28-29-21(31)13-27-19-5-3-4-17(11-19)22(24,25)26/h3-12,27H,13H2,1-2H3,(H,29,31)/b28-12-. The topological polar surface area (TPSA) is 58.4 Å². The summed E-state index contributed by atoms with van der Waals surface area (Å²) in [5, 5.41) is 7.26. The lowest BCUT2D eigenvalue weighted by molar-refractivity contribution is -0.137. The lowest BCUT2D eigenvalue weighted by Gasteiger charge is -2.10. The summed E-state index contributed by atoms with van der Waals surface area (Å²) in [5.74, 6) is -0.486. The molecule has 2 N–H and O–H groups in total. The molecule has 1 aromatic heterocycles. The summed E-state index contributed by atoms with van der Waals surface area (Å²) in [4.78, 5) is 12.0. The van der Waals surface area contributed by atoms with Crippen LogP contribution in [0.1, 0.15) is 22.5 Å². The molecule has 0 saturated carbocycles. The Kier molecular flexibility index (Phi) is 6.70. The zero-order chi connectivity index (χ0) is 22.6. The highest BCUT2D eigenvalue weighted by Crippen LogP contribution is 2.30. The van der Waals surface area contributed by atoms with E-state index in [1.165, 1.54) is 18.3 Å². The molecule has 0 atom stereocenters. The van der Waals surface area contributed by atoms with Crippen molar-refractivity contribution in [2.24, 2.45) is 5.10 Å². The molecule has 0 aliphatic carbocycles. The molecule has 5 nitrogen and oxygen atoms in total. The maximum absolute atomic E-state index is 12.7. The van der Waals surface area contributed by atoms with Gasteiger partial charge >= 0.3 is 6.18 Å². The van der Waals surface area contributed by atoms with Crippen LogP contribution in [0.5, 0.6) is 0 Å². The number of carbonyl (C=O) groups is 1. The average Bonchev–Trinajstić information content (AvgIpc) is 3.00. The number of hydrogen-bond acceptors (Lipinski definition) is 3. The number of benzene rings is 2. The fourth-order valence-corrected chi connectivity index (χ4v) is 3.23. The van der Waals surface area contributed by atoms with Gasteiger partial charge in [0.2, 0.25) is 0 Å². The fourth-order valence-electron chi connectivity index (χ4n) is 3.11. The van der Waals surface area contributed by atoms with Crippen LogP contribution in [0.2, 0.25) is 5.02 Å². The van der Waals surface area contributed by atoms with Gasteiger partial charge in [0, 0.05) is 33.3 Å². The van der Waals surface area contributed by atoms with Crippen LogP contribution < -0.4 is 10.7 Å². The minimum atomic E-state index is -4.44. The summed E-state index contributed by atoms with van der Waals surface area (Å²) in [6, 6.07) is 14.0. The van der Waals surface area contributed by atoms with Crippen LogP contribution in [0, 0.1) is 13.8 Å². The van der Waals surface area contributed by atoms with Gasteiger partial charge < -0.3 is 9.88 Å². The Balaban J connectivity index is 1.60. The third kappa shape index (κ3) is 5.67. The Bertz CT molecular complexity index is 1100. The minimum absolute atomic E-state index is 0.195. The molecule has 0 radical (unpaired) electrons. The summed E-state index contributed by atoms with van der Waals surface area (Å²) in [5.41, 5.74) is 5.46. The van der Waals surface area contributed by atoms with E-state index in [2.05, 4.69) is 15.8 Å². The number of nitrogens with zero attached hydrogens (tertiary/aromatic N) is 2. The van der Waals surface area contributed by atoms with Gasteiger partial charge in [-0.3, -0.25) is 4.79 Å². The molecule has 1 amide bonds. The first kappa shape index (κ1) is 22.4. The van der Waals surface area contributed by atoms with Crippen molar-refractivity contribution in [3.05, 3.63) is 82.1 Å². The molecular weight excluding hydrogens is 429 g/mol. The molecule has 0 saturated heterocycles. The number of rotatable bonds is 6. The number of nitrogens with one attached hydrogen (secondary N) is 2. The van der Waals surface area contributed by atoms with Crippen molar-refractivity contribution in [2.75, 3.05) is 11.9 Å². The van der Waals surface area contributed by atoms with E-state index in [9.17, 15) is 18.0 Å². The summed E-state index contributed by atoms with van der Waals surface area (Å²) in [6.45, 7) is 3.67. The largest absolute Gasteiger partial charge is 0.416 e. The number of hydrazone groups is 1. The van der Waals surface area contributed by atoms with Gasteiger partial charge in [-0.15, -0.1) is 0 Å². The van der Waals surface area contributed by atoms with E-state index in [4.69, 9.17) is 11.6 Å². The van der Waals surface area contributed by atoms with Gasteiger partial charge in [0.15, 0.2) is 0 Å². The second kappa shape index (κ2) is 9.26. The summed E-state index contributed by atoms with van der Waals surface area (Å²) >= 11 is 5.95. The van der Waals surface area contributed by atoms with Crippen LogP contribution in [-0.4, -0.2) is 23.2 Å². The van der Waals surface area contributed by atoms with E-state index in [1.807, 2.05) is 36.6 Å². The lowest BCUT2D eigenvalue weighted by atomic mass is 10.2. The minimum Gasteiger partial charge on any atom is -0.376 e. The van der Waals surface area contributed by atoms with E-state index < -0.39 is 17.6 Å². The van der Waals surface area contributed by atoms with Crippen molar-refractivity contribution in [1.29, 1.82) is 0 Å². The molecule has 0 aliphatic rings. The monoisotopic (exact) mass is 448 g/mol. The Morgan fingerprint density at radius 1 is 1.13 bits per heavy atom. The van der Waals surface area contributed by atoms with Crippen LogP contribution in [0.4, 0.5) is 18.9 Å². The number of anilines is 1. The van der Waals surface area contributed by atoms with Gasteiger partial charge in [0.1, 0.15) is 0 Å². The van der Waals surface area contributed by atoms with Gasteiger partial charge in [-0.05, 0) is 62.4 Å². The first-order valence-electron chi connectivity index (χ1n) is 9.33. The predicted octanol–water partition coefficient (Wildman–Crippen LogP) is 5.33. The zero-order valence-corrected chi connectivity index (χ0v) is 17.6. The first-order valence-corrected chi connectivity index (χ1v) is 9.71. The molecule has 2 aromatic carbocycles. The molecule has 162 valence electrons. The zero-order valence-electron chi connectivity index (χ0n) is 16.8. The average molecular weight is 449 g/mol. The van der Waals surface area contributed by atoms with E-state index >= 15 is 0 Å². The van der Waals surface area contributed by atoms with Gasteiger partial charge in [0.25, 0.3) is 5.91 Å². The summed E-state index contributed by atoms with van der Waals surface area (Å²) in [7, 11) is 0. The molecule has 0 aliphatic heterocycles. The fraction of sp³-hybridized carbons (Fsp3) is 0.182. The van der Waals surface area contributed by atoms with Crippen molar-refractivity contribution < 1.29 is 18.0 Å². The highest BCUT2D eigenvalue weighted by atomic mass is 35.5. The molecule has 31 heavy (non-hydrogen) atoms. The molecule has 3 aromatic rings. The molecular formula is C22H20ClF3N4O. The Morgan fingerprint density at radius 2 is 1.84 bits per heavy atom. The highest BCUT2D eigenvalue weighted by molar-refractivity contribution is 6.30. The van der Waals surface area contributed by atoms with Crippen molar-refractivity contribution in [1.82, 2.24) is 9.99 Å². The van der Waals surface area contributed by atoms with Crippen molar-refractivity contribution in [3.8, 4) is 5.69 Å². The van der Waals surface area contributed by atoms with Gasteiger partial charge in [-0.25, -0.2) is 5.43 Å². The van der Waals surface area contributed by atoms with Crippen molar-refractivity contribution in [3.63, 3.8) is 0 Å². The van der Waals surface area contributed by atoms with Gasteiger partial charge in [-0.1, -0.05) is 17.7 Å².